The molecule has 0 saturated heterocycles. The van der Waals surface area contributed by atoms with E-state index in [9.17, 15) is 4.57 Å². The lowest BCUT2D eigenvalue weighted by Gasteiger charge is -2.09. The Labute approximate surface area is 94.5 Å². The van der Waals surface area contributed by atoms with Gasteiger partial charge in [-0.05, 0) is 33.2 Å². The number of fused-ring (bicyclic) bond motifs is 1. The summed E-state index contributed by atoms with van der Waals surface area (Å²) >= 11 is 0. The fourth-order valence-corrected chi connectivity index (χ4v) is 2.39. The molecule has 2 aromatic rings. The molecule has 16 heavy (non-hydrogen) atoms. The van der Waals surface area contributed by atoms with Crippen LogP contribution in [0.5, 0.6) is 0 Å². The lowest BCUT2D eigenvalue weighted by molar-refractivity contribution is 0.587. The highest BCUT2D eigenvalue weighted by Gasteiger charge is 2.15. The Morgan fingerprint density at radius 1 is 1.19 bits per heavy atom. The van der Waals surface area contributed by atoms with Gasteiger partial charge in [0.15, 0.2) is 0 Å². The maximum atomic E-state index is 12.0. The van der Waals surface area contributed by atoms with Gasteiger partial charge in [0.05, 0.1) is 11.2 Å². The van der Waals surface area contributed by atoms with Gasteiger partial charge in [-0.3, -0.25) is 0 Å². The molecule has 2 rings (SSSR count). The molecule has 0 N–H and O–H groups in total. The zero-order valence-electron chi connectivity index (χ0n) is 9.85. The van der Waals surface area contributed by atoms with E-state index in [1.54, 1.807) is 19.5 Å². The molecule has 84 valence electrons. The van der Waals surface area contributed by atoms with Gasteiger partial charge in [-0.15, -0.1) is 0 Å². The number of pyridine rings is 1. The summed E-state index contributed by atoms with van der Waals surface area (Å²) in [5.41, 5.74) is 2.29. The summed E-state index contributed by atoms with van der Waals surface area (Å²) in [7, 11) is -2.33. The normalized spacial score (nSPS) is 12.0. The fraction of sp³-hybridized carbons (Fsp3) is 0.364. The molecule has 5 heteroatoms. The Morgan fingerprint density at radius 2 is 1.88 bits per heavy atom. The number of hydrogen-bond acceptors (Lipinski definition) is 4. The van der Waals surface area contributed by atoms with Crippen molar-refractivity contribution < 1.29 is 4.57 Å². The molecule has 0 aromatic carbocycles. The average Bonchev–Trinajstić information content (AvgIpc) is 2.17. The van der Waals surface area contributed by atoms with E-state index in [1.165, 1.54) is 0 Å². The smallest absolute Gasteiger partial charge is 0.127 e. The summed E-state index contributed by atoms with van der Waals surface area (Å²) in [4.78, 5) is 12.8. The van der Waals surface area contributed by atoms with Crippen molar-refractivity contribution in [2.45, 2.75) is 13.8 Å². The quantitative estimate of drug-likeness (QED) is 0.708. The maximum Gasteiger partial charge on any atom is 0.127 e. The standard InChI is InChI=1S/C11H14N3OP/c1-7-11-9(6-12-8(2)14-11)5-10(13-7)16(3,4)15/h5-6H,1-4H3. The van der Waals surface area contributed by atoms with E-state index < -0.39 is 7.14 Å². The monoisotopic (exact) mass is 235 g/mol. The van der Waals surface area contributed by atoms with Gasteiger partial charge in [0.2, 0.25) is 0 Å². The van der Waals surface area contributed by atoms with Crippen LogP contribution in [0.2, 0.25) is 0 Å². The molecule has 0 saturated carbocycles. The molecule has 0 aliphatic rings. The van der Waals surface area contributed by atoms with Crippen molar-refractivity contribution in [2.24, 2.45) is 0 Å². The van der Waals surface area contributed by atoms with E-state index in [2.05, 4.69) is 15.0 Å². The first kappa shape index (κ1) is 11.2. The molecule has 0 fully saturated rings. The van der Waals surface area contributed by atoms with E-state index in [1.807, 2.05) is 19.9 Å². The van der Waals surface area contributed by atoms with Crippen LogP contribution >= 0.6 is 7.14 Å². The van der Waals surface area contributed by atoms with Gasteiger partial charge in [-0.2, -0.15) is 0 Å². The maximum absolute atomic E-state index is 12.0. The minimum Gasteiger partial charge on any atom is -0.318 e. The molecule has 0 bridgehead atoms. The number of aromatic nitrogens is 3. The molecule has 2 heterocycles. The molecule has 2 aromatic heterocycles. The van der Waals surface area contributed by atoms with E-state index in [0.29, 0.717) is 5.44 Å². The second kappa shape index (κ2) is 3.63. The van der Waals surface area contributed by atoms with Crippen molar-refractivity contribution in [3.05, 3.63) is 23.8 Å². The van der Waals surface area contributed by atoms with Crippen LogP contribution in [0.1, 0.15) is 11.5 Å². The van der Waals surface area contributed by atoms with E-state index in [4.69, 9.17) is 0 Å². The zero-order valence-corrected chi connectivity index (χ0v) is 10.7. The largest absolute Gasteiger partial charge is 0.318 e. The SMILES string of the molecule is Cc1ncc2cc(P(C)(C)=O)nc(C)c2n1. The highest BCUT2D eigenvalue weighted by atomic mass is 31.2. The van der Waals surface area contributed by atoms with Gasteiger partial charge in [0.1, 0.15) is 18.4 Å². The van der Waals surface area contributed by atoms with Crippen LogP contribution in [0.15, 0.2) is 12.3 Å². The van der Waals surface area contributed by atoms with E-state index in [-0.39, 0.29) is 0 Å². The molecular formula is C11H14N3OP. The molecular weight excluding hydrogens is 221 g/mol. The Kier molecular flexibility index (Phi) is 2.55. The lowest BCUT2D eigenvalue weighted by Crippen LogP contribution is -2.10. The van der Waals surface area contributed by atoms with Crippen LogP contribution in [-0.4, -0.2) is 28.3 Å². The molecule has 0 radical (unpaired) electrons. The van der Waals surface area contributed by atoms with Crippen LogP contribution in [0.25, 0.3) is 10.9 Å². The van der Waals surface area contributed by atoms with Crippen LogP contribution in [0.3, 0.4) is 0 Å². The average molecular weight is 235 g/mol. The lowest BCUT2D eigenvalue weighted by atomic mass is 10.2. The minimum atomic E-state index is -2.33. The zero-order chi connectivity index (χ0) is 11.9. The molecule has 0 amide bonds. The van der Waals surface area contributed by atoms with Gasteiger partial charge in [-0.1, -0.05) is 0 Å². The van der Waals surface area contributed by atoms with Gasteiger partial charge < -0.3 is 4.57 Å². The summed E-state index contributed by atoms with van der Waals surface area (Å²) in [5.74, 6) is 0.723. The van der Waals surface area contributed by atoms with Crippen molar-refractivity contribution in [3.63, 3.8) is 0 Å². The van der Waals surface area contributed by atoms with Crippen LogP contribution < -0.4 is 5.44 Å². The van der Waals surface area contributed by atoms with E-state index >= 15 is 0 Å². The summed E-state index contributed by atoms with van der Waals surface area (Å²) in [6.45, 7) is 7.16. The van der Waals surface area contributed by atoms with E-state index in [0.717, 1.165) is 22.4 Å². The fourth-order valence-electron chi connectivity index (χ4n) is 1.55. The van der Waals surface area contributed by atoms with Crippen molar-refractivity contribution in [3.8, 4) is 0 Å². The second-order valence-corrected chi connectivity index (χ2v) is 7.43. The first-order valence-corrected chi connectivity index (χ1v) is 7.64. The summed E-state index contributed by atoms with van der Waals surface area (Å²) < 4.78 is 12.0. The highest BCUT2D eigenvalue weighted by molar-refractivity contribution is 7.69. The van der Waals surface area contributed by atoms with Crippen LogP contribution in [0, 0.1) is 13.8 Å². The molecule has 0 unspecified atom stereocenters. The molecule has 4 nitrogen and oxygen atoms in total. The number of nitrogens with zero attached hydrogens (tertiary/aromatic N) is 3. The van der Waals surface area contributed by atoms with Crippen LogP contribution in [0.4, 0.5) is 0 Å². The molecule has 0 aliphatic heterocycles. The second-order valence-electron chi connectivity index (χ2n) is 4.27. The van der Waals surface area contributed by atoms with Gasteiger partial charge >= 0.3 is 0 Å². The minimum absolute atomic E-state index is 0.643. The third kappa shape index (κ3) is 1.98. The van der Waals surface area contributed by atoms with Gasteiger partial charge in [-0.25, -0.2) is 15.0 Å². The Hall–Kier alpha value is -1.28. The Morgan fingerprint density at radius 3 is 2.50 bits per heavy atom. The Bertz CT molecular complexity index is 603. The van der Waals surface area contributed by atoms with Gasteiger partial charge in [0, 0.05) is 11.6 Å². The topological polar surface area (TPSA) is 55.7 Å². The third-order valence-electron chi connectivity index (χ3n) is 2.40. The van der Waals surface area contributed by atoms with Gasteiger partial charge in [0.25, 0.3) is 0 Å². The van der Waals surface area contributed by atoms with Crippen molar-refractivity contribution in [1.82, 2.24) is 15.0 Å². The predicted molar refractivity (Wildman–Crippen MR) is 65.9 cm³/mol. The summed E-state index contributed by atoms with van der Waals surface area (Å²) in [6, 6.07) is 1.82. The van der Waals surface area contributed by atoms with Crippen molar-refractivity contribution in [2.75, 3.05) is 13.3 Å². The molecule has 0 aliphatic carbocycles. The summed E-state index contributed by atoms with van der Waals surface area (Å²) in [5, 5.41) is 0.900. The Balaban J connectivity index is 2.79. The first-order valence-electron chi connectivity index (χ1n) is 5.04. The third-order valence-corrected chi connectivity index (χ3v) is 3.73. The number of hydrogen-bond donors (Lipinski definition) is 0. The summed E-state index contributed by atoms with van der Waals surface area (Å²) in [6.07, 6.45) is 1.76. The highest BCUT2D eigenvalue weighted by Crippen LogP contribution is 2.34. The number of aryl methyl sites for hydroxylation is 2. The van der Waals surface area contributed by atoms with Crippen LogP contribution in [-0.2, 0) is 4.57 Å². The number of rotatable bonds is 1. The molecule has 0 atom stereocenters. The first-order chi connectivity index (χ1) is 7.38. The van der Waals surface area contributed by atoms with Crippen molar-refractivity contribution >= 4 is 23.5 Å². The van der Waals surface area contributed by atoms with Crippen molar-refractivity contribution in [1.29, 1.82) is 0 Å². The molecule has 0 spiro atoms. The predicted octanol–water partition coefficient (Wildman–Crippen LogP) is 1.89.